The summed E-state index contributed by atoms with van der Waals surface area (Å²) in [4.78, 5) is 25.5. The maximum Gasteiger partial charge on any atom is 0.303 e. The van der Waals surface area contributed by atoms with Crippen LogP contribution in [0.15, 0.2) is 18.2 Å². The highest BCUT2D eigenvalue weighted by molar-refractivity contribution is 5.97. The zero-order valence-electron chi connectivity index (χ0n) is 14.6. The van der Waals surface area contributed by atoms with Crippen LogP contribution in [0.1, 0.15) is 42.5 Å². The van der Waals surface area contributed by atoms with Gasteiger partial charge in [-0.05, 0) is 49.7 Å². The van der Waals surface area contributed by atoms with Gasteiger partial charge in [0.05, 0.1) is 19.3 Å². The molecule has 136 valence electrons. The Bertz CT molecular complexity index is 633. The Kier molecular flexibility index (Phi) is 5.46. The van der Waals surface area contributed by atoms with Gasteiger partial charge >= 0.3 is 5.97 Å². The average Bonchev–Trinajstić information content (AvgIpc) is 3.43. The lowest BCUT2D eigenvalue weighted by Crippen LogP contribution is -2.39. The molecule has 6 nitrogen and oxygen atoms in total. The van der Waals surface area contributed by atoms with Gasteiger partial charge in [0.15, 0.2) is 0 Å². The van der Waals surface area contributed by atoms with Gasteiger partial charge in [0.2, 0.25) is 0 Å². The summed E-state index contributed by atoms with van der Waals surface area (Å²) in [6.45, 7) is 1.81. The van der Waals surface area contributed by atoms with Gasteiger partial charge in [0.1, 0.15) is 11.5 Å². The Balaban J connectivity index is 1.67. The van der Waals surface area contributed by atoms with Crippen LogP contribution in [-0.2, 0) is 4.79 Å². The van der Waals surface area contributed by atoms with E-state index in [0.29, 0.717) is 42.7 Å². The summed E-state index contributed by atoms with van der Waals surface area (Å²) in [5.41, 5.74) is 0.554. The van der Waals surface area contributed by atoms with Crippen LogP contribution < -0.4 is 9.47 Å². The second-order valence-electron chi connectivity index (χ2n) is 6.95. The number of carboxylic acid groups (broad SMARTS) is 1. The second-order valence-corrected chi connectivity index (χ2v) is 6.95. The topological polar surface area (TPSA) is 76.1 Å². The minimum absolute atomic E-state index is 0.0535. The highest BCUT2D eigenvalue weighted by Gasteiger charge is 2.28. The number of hydrogen-bond donors (Lipinski definition) is 1. The number of methoxy groups -OCH3 is 1. The van der Waals surface area contributed by atoms with Gasteiger partial charge < -0.3 is 19.5 Å². The normalized spacial score (nSPS) is 18.0. The van der Waals surface area contributed by atoms with Crippen LogP contribution in [0.3, 0.4) is 0 Å². The van der Waals surface area contributed by atoms with E-state index >= 15 is 0 Å². The van der Waals surface area contributed by atoms with E-state index in [-0.39, 0.29) is 18.2 Å². The third kappa shape index (κ3) is 4.65. The molecule has 0 aromatic heterocycles. The third-order valence-electron chi connectivity index (χ3n) is 4.96. The number of carbonyl (C=O) groups excluding carboxylic acids is 1. The number of piperidine rings is 1. The number of likely N-dealkylation sites (tertiary alicyclic amines) is 1. The molecule has 0 unspecified atom stereocenters. The number of hydrogen-bond acceptors (Lipinski definition) is 4. The molecule has 25 heavy (non-hydrogen) atoms. The van der Waals surface area contributed by atoms with Crippen molar-refractivity contribution in [1.82, 2.24) is 4.90 Å². The third-order valence-corrected chi connectivity index (χ3v) is 4.96. The van der Waals surface area contributed by atoms with E-state index in [1.54, 1.807) is 30.2 Å². The molecule has 0 spiro atoms. The molecule has 1 saturated carbocycles. The molecule has 1 aromatic rings. The zero-order valence-corrected chi connectivity index (χ0v) is 14.6. The summed E-state index contributed by atoms with van der Waals surface area (Å²) in [6.07, 6.45) is 4.01. The van der Waals surface area contributed by atoms with E-state index in [2.05, 4.69) is 0 Å². The summed E-state index contributed by atoms with van der Waals surface area (Å²) < 4.78 is 11.1. The average molecular weight is 347 g/mol. The first-order chi connectivity index (χ1) is 12.1. The quantitative estimate of drug-likeness (QED) is 0.821. The number of carbonyl (C=O) groups is 2. The van der Waals surface area contributed by atoms with Crippen molar-refractivity contribution in [3.63, 3.8) is 0 Å². The van der Waals surface area contributed by atoms with Crippen molar-refractivity contribution < 1.29 is 24.2 Å². The smallest absolute Gasteiger partial charge is 0.303 e. The fourth-order valence-corrected chi connectivity index (χ4v) is 3.18. The molecule has 6 heteroatoms. The lowest BCUT2D eigenvalue weighted by atomic mass is 9.93. The van der Waals surface area contributed by atoms with E-state index in [0.717, 1.165) is 12.8 Å². The standard InChI is InChI=1S/C19H25NO5/c1-24-15-4-5-16(17(11-15)25-12-14-2-3-14)19(23)20-8-6-13(7-9-20)10-18(21)22/h4-5,11,13-14H,2-3,6-10,12H2,1H3,(H,21,22). The summed E-state index contributed by atoms with van der Waals surface area (Å²) in [6, 6.07) is 5.30. The first-order valence-electron chi connectivity index (χ1n) is 8.88. The number of aliphatic carboxylic acids is 1. The number of rotatable bonds is 7. The fraction of sp³-hybridized carbons (Fsp3) is 0.579. The molecule has 3 rings (SSSR count). The summed E-state index contributed by atoms with van der Waals surface area (Å²) >= 11 is 0. The van der Waals surface area contributed by atoms with E-state index < -0.39 is 5.97 Å². The predicted octanol–water partition coefficient (Wildman–Crippen LogP) is 2.81. The molecule has 1 heterocycles. The summed E-state index contributed by atoms with van der Waals surface area (Å²) in [7, 11) is 1.59. The first kappa shape index (κ1) is 17.6. The lowest BCUT2D eigenvalue weighted by molar-refractivity contribution is -0.138. The number of ether oxygens (including phenoxy) is 2. The zero-order chi connectivity index (χ0) is 17.8. The van der Waals surface area contributed by atoms with Crippen molar-refractivity contribution in [2.45, 2.75) is 32.1 Å². The van der Waals surface area contributed by atoms with Gasteiger partial charge in [-0.25, -0.2) is 0 Å². The van der Waals surface area contributed by atoms with Crippen LogP contribution in [0.2, 0.25) is 0 Å². The monoisotopic (exact) mass is 347 g/mol. The summed E-state index contributed by atoms with van der Waals surface area (Å²) in [5.74, 6) is 1.17. The fourth-order valence-electron chi connectivity index (χ4n) is 3.18. The molecule has 0 atom stereocenters. The molecule has 0 radical (unpaired) electrons. The molecule has 2 fully saturated rings. The number of amides is 1. The first-order valence-corrected chi connectivity index (χ1v) is 8.88. The van der Waals surface area contributed by atoms with E-state index in [1.807, 2.05) is 0 Å². The Morgan fingerprint density at radius 2 is 1.88 bits per heavy atom. The Morgan fingerprint density at radius 3 is 2.48 bits per heavy atom. The minimum Gasteiger partial charge on any atom is -0.497 e. The second kappa shape index (κ2) is 7.76. The highest BCUT2D eigenvalue weighted by atomic mass is 16.5. The van der Waals surface area contributed by atoms with Crippen LogP contribution in [0.25, 0.3) is 0 Å². The SMILES string of the molecule is COc1ccc(C(=O)N2CCC(CC(=O)O)CC2)c(OCC2CC2)c1. The van der Waals surface area contributed by atoms with Gasteiger partial charge in [0.25, 0.3) is 5.91 Å². The Morgan fingerprint density at radius 1 is 1.16 bits per heavy atom. The molecule has 1 aromatic carbocycles. The summed E-state index contributed by atoms with van der Waals surface area (Å²) in [5, 5.41) is 8.90. The molecule has 1 aliphatic heterocycles. The van der Waals surface area contributed by atoms with Crippen molar-refractivity contribution in [1.29, 1.82) is 0 Å². The highest BCUT2D eigenvalue weighted by Crippen LogP contribution is 2.32. The van der Waals surface area contributed by atoms with E-state index in [4.69, 9.17) is 14.6 Å². The molecular weight excluding hydrogens is 322 g/mol. The van der Waals surface area contributed by atoms with Crippen molar-refractivity contribution in [3.05, 3.63) is 23.8 Å². The van der Waals surface area contributed by atoms with Crippen molar-refractivity contribution in [3.8, 4) is 11.5 Å². The number of benzene rings is 1. The molecule has 1 N–H and O–H groups in total. The van der Waals surface area contributed by atoms with E-state index in [9.17, 15) is 9.59 Å². The van der Waals surface area contributed by atoms with Crippen molar-refractivity contribution in [2.75, 3.05) is 26.8 Å². The van der Waals surface area contributed by atoms with Crippen molar-refractivity contribution in [2.24, 2.45) is 11.8 Å². The maximum absolute atomic E-state index is 12.9. The van der Waals surface area contributed by atoms with Gasteiger partial charge in [0, 0.05) is 25.6 Å². The Hall–Kier alpha value is -2.24. The largest absolute Gasteiger partial charge is 0.497 e. The predicted molar refractivity (Wildman–Crippen MR) is 92.1 cm³/mol. The minimum atomic E-state index is -0.768. The van der Waals surface area contributed by atoms with Crippen LogP contribution in [0.4, 0.5) is 0 Å². The lowest BCUT2D eigenvalue weighted by Gasteiger charge is -2.31. The van der Waals surface area contributed by atoms with Crippen LogP contribution in [-0.4, -0.2) is 48.7 Å². The van der Waals surface area contributed by atoms with Crippen LogP contribution >= 0.6 is 0 Å². The molecule has 1 amide bonds. The van der Waals surface area contributed by atoms with Gasteiger partial charge in [-0.1, -0.05) is 0 Å². The van der Waals surface area contributed by atoms with Crippen molar-refractivity contribution >= 4 is 11.9 Å². The van der Waals surface area contributed by atoms with Gasteiger partial charge in [-0.2, -0.15) is 0 Å². The van der Waals surface area contributed by atoms with Crippen LogP contribution in [0.5, 0.6) is 11.5 Å². The number of carboxylic acids is 1. The number of nitrogens with zero attached hydrogens (tertiary/aromatic N) is 1. The molecule has 2 aliphatic rings. The molecule has 1 saturated heterocycles. The van der Waals surface area contributed by atoms with E-state index in [1.165, 1.54) is 12.8 Å². The molecule has 0 bridgehead atoms. The molecule has 1 aliphatic carbocycles. The maximum atomic E-state index is 12.9. The van der Waals surface area contributed by atoms with Gasteiger partial charge in [-0.3, -0.25) is 9.59 Å². The molecular formula is C19H25NO5. The van der Waals surface area contributed by atoms with Crippen LogP contribution in [0, 0.1) is 11.8 Å². The Labute approximate surface area is 147 Å². The van der Waals surface area contributed by atoms with Gasteiger partial charge in [-0.15, -0.1) is 0 Å².